The highest BCUT2D eigenvalue weighted by Crippen LogP contribution is 2.31. The van der Waals surface area contributed by atoms with Crippen molar-refractivity contribution in [3.8, 4) is 11.5 Å². The van der Waals surface area contributed by atoms with E-state index in [2.05, 4.69) is 10.3 Å². The van der Waals surface area contributed by atoms with E-state index in [-0.39, 0.29) is 12.2 Å². The Balaban J connectivity index is 1.74. The highest BCUT2D eigenvalue weighted by molar-refractivity contribution is 5.95. The number of carbonyl (C=O) groups excluding carboxylic acids is 1. The summed E-state index contributed by atoms with van der Waals surface area (Å²) in [6.45, 7) is 1.80. The lowest BCUT2D eigenvalue weighted by molar-refractivity contribution is -0.137. The molecule has 3 aromatic rings. The minimum Gasteiger partial charge on any atom is -0.493 e. The van der Waals surface area contributed by atoms with E-state index in [9.17, 15) is 18.0 Å². The second-order valence-corrected chi connectivity index (χ2v) is 6.79. The first kappa shape index (κ1) is 22.1. The van der Waals surface area contributed by atoms with Crippen molar-refractivity contribution in [2.24, 2.45) is 0 Å². The first-order valence-corrected chi connectivity index (χ1v) is 9.46. The zero-order valence-corrected chi connectivity index (χ0v) is 16.9. The fourth-order valence-corrected chi connectivity index (χ4v) is 2.91. The maximum Gasteiger partial charge on any atom is 0.416 e. The van der Waals surface area contributed by atoms with Crippen LogP contribution in [0.2, 0.25) is 0 Å². The molecule has 1 atom stereocenters. The van der Waals surface area contributed by atoms with Gasteiger partial charge in [-0.3, -0.25) is 9.78 Å². The number of hydrogen-bond donors (Lipinski definition) is 1. The number of hydrogen-bond acceptors (Lipinski definition) is 4. The third-order valence-corrected chi connectivity index (χ3v) is 4.59. The van der Waals surface area contributed by atoms with E-state index in [1.54, 1.807) is 37.4 Å². The van der Waals surface area contributed by atoms with E-state index in [0.717, 1.165) is 12.1 Å². The maximum atomic E-state index is 13.0. The Bertz CT molecular complexity index is 1040. The molecule has 0 fully saturated rings. The van der Waals surface area contributed by atoms with E-state index in [1.807, 2.05) is 6.07 Å². The van der Waals surface area contributed by atoms with Crippen molar-refractivity contribution in [3.05, 3.63) is 89.2 Å². The molecule has 0 saturated heterocycles. The minimum atomic E-state index is -4.45. The molecule has 0 bridgehead atoms. The van der Waals surface area contributed by atoms with Crippen LogP contribution >= 0.6 is 0 Å². The van der Waals surface area contributed by atoms with Crippen LogP contribution in [0.5, 0.6) is 11.5 Å². The van der Waals surface area contributed by atoms with Crippen LogP contribution < -0.4 is 14.8 Å². The Kier molecular flexibility index (Phi) is 6.79. The smallest absolute Gasteiger partial charge is 0.416 e. The van der Waals surface area contributed by atoms with Crippen molar-refractivity contribution in [3.63, 3.8) is 0 Å². The minimum absolute atomic E-state index is 0.183. The average Bonchev–Trinajstić information content (AvgIpc) is 2.77. The van der Waals surface area contributed by atoms with Gasteiger partial charge in [0.05, 0.1) is 24.4 Å². The first-order valence-electron chi connectivity index (χ1n) is 9.46. The molecule has 1 amide bonds. The molecule has 1 N–H and O–H groups in total. The Morgan fingerprint density at radius 2 is 1.87 bits per heavy atom. The van der Waals surface area contributed by atoms with Gasteiger partial charge in [0, 0.05) is 11.8 Å². The quantitative estimate of drug-likeness (QED) is 0.561. The number of nitrogens with one attached hydrogen (secondary N) is 1. The highest BCUT2D eigenvalue weighted by Gasteiger charge is 2.30. The molecular formula is C23H21F3N2O3. The lowest BCUT2D eigenvalue weighted by Crippen LogP contribution is -2.27. The summed E-state index contributed by atoms with van der Waals surface area (Å²) in [5, 5.41) is 2.71. The van der Waals surface area contributed by atoms with Crippen molar-refractivity contribution >= 4 is 5.91 Å². The van der Waals surface area contributed by atoms with Gasteiger partial charge in [-0.1, -0.05) is 18.2 Å². The van der Waals surface area contributed by atoms with Crippen molar-refractivity contribution in [2.45, 2.75) is 25.7 Å². The number of carbonyl (C=O) groups is 1. The van der Waals surface area contributed by atoms with Gasteiger partial charge in [0.25, 0.3) is 5.91 Å². The van der Waals surface area contributed by atoms with Crippen LogP contribution in [0.15, 0.2) is 66.9 Å². The molecule has 162 valence electrons. The predicted molar refractivity (Wildman–Crippen MR) is 109 cm³/mol. The zero-order chi connectivity index (χ0) is 22.4. The molecule has 5 nitrogen and oxygen atoms in total. The van der Waals surface area contributed by atoms with Gasteiger partial charge in [0.15, 0.2) is 11.5 Å². The summed E-state index contributed by atoms with van der Waals surface area (Å²) in [6, 6.07) is 14.4. The van der Waals surface area contributed by atoms with Crippen LogP contribution in [0.3, 0.4) is 0 Å². The largest absolute Gasteiger partial charge is 0.493 e. The summed E-state index contributed by atoms with van der Waals surface area (Å²) in [6.07, 6.45) is -2.80. The maximum absolute atomic E-state index is 13.0. The molecular weight excluding hydrogens is 409 g/mol. The van der Waals surface area contributed by atoms with Crippen molar-refractivity contribution in [1.82, 2.24) is 10.3 Å². The normalized spacial score (nSPS) is 12.2. The molecule has 1 heterocycles. The van der Waals surface area contributed by atoms with Crippen molar-refractivity contribution in [1.29, 1.82) is 0 Å². The molecule has 31 heavy (non-hydrogen) atoms. The molecule has 0 saturated carbocycles. The standard InChI is InChI=1S/C23H21F3N2O3/c1-15(16-6-5-7-18(12-16)23(24,25)26)28-22(29)17-9-10-20(30-2)21(13-17)31-14-19-8-3-4-11-27-19/h3-13,15H,14H2,1-2H3,(H,28,29). The number of halogens is 3. The van der Waals surface area contributed by atoms with Gasteiger partial charge < -0.3 is 14.8 Å². The highest BCUT2D eigenvalue weighted by atomic mass is 19.4. The van der Waals surface area contributed by atoms with Crippen LogP contribution in [-0.2, 0) is 12.8 Å². The topological polar surface area (TPSA) is 60.5 Å². The lowest BCUT2D eigenvalue weighted by Gasteiger charge is -2.17. The lowest BCUT2D eigenvalue weighted by atomic mass is 10.0. The summed E-state index contributed by atoms with van der Waals surface area (Å²) in [5.41, 5.74) is 0.581. The van der Waals surface area contributed by atoms with Crippen molar-refractivity contribution in [2.75, 3.05) is 7.11 Å². The van der Waals surface area contributed by atoms with Crippen LogP contribution in [0.25, 0.3) is 0 Å². The molecule has 1 unspecified atom stereocenters. The Hall–Kier alpha value is -3.55. The third kappa shape index (κ3) is 5.75. The molecule has 8 heteroatoms. The number of methoxy groups -OCH3 is 1. The Morgan fingerprint density at radius 3 is 2.55 bits per heavy atom. The average molecular weight is 430 g/mol. The van der Waals surface area contributed by atoms with Crippen LogP contribution in [0.4, 0.5) is 13.2 Å². The van der Waals surface area contributed by atoms with E-state index < -0.39 is 23.7 Å². The molecule has 0 aliphatic rings. The number of pyridine rings is 1. The summed E-state index contributed by atoms with van der Waals surface area (Å²) in [5.74, 6) is 0.348. The molecule has 0 aliphatic carbocycles. The fourth-order valence-electron chi connectivity index (χ4n) is 2.91. The summed E-state index contributed by atoms with van der Waals surface area (Å²) < 4.78 is 49.9. The number of rotatable bonds is 7. The summed E-state index contributed by atoms with van der Waals surface area (Å²) in [4.78, 5) is 16.9. The van der Waals surface area contributed by atoms with Gasteiger partial charge in [-0.25, -0.2) is 0 Å². The van der Waals surface area contributed by atoms with Gasteiger partial charge in [0.2, 0.25) is 0 Å². The van der Waals surface area contributed by atoms with Gasteiger partial charge >= 0.3 is 6.18 Å². The van der Waals surface area contributed by atoms with E-state index in [1.165, 1.54) is 25.3 Å². The zero-order valence-electron chi connectivity index (χ0n) is 16.9. The van der Waals surface area contributed by atoms with Crippen LogP contribution in [0.1, 0.15) is 40.1 Å². The number of aromatic nitrogens is 1. The molecule has 3 rings (SSSR count). The first-order chi connectivity index (χ1) is 14.8. The summed E-state index contributed by atoms with van der Waals surface area (Å²) >= 11 is 0. The number of benzene rings is 2. The Labute approximate surface area is 177 Å². The van der Waals surface area contributed by atoms with Gasteiger partial charge in [-0.2, -0.15) is 13.2 Å². The van der Waals surface area contributed by atoms with Crippen molar-refractivity contribution < 1.29 is 27.4 Å². The molecule has 2 aromatic carbocycles. The number of alkyl halides is 3. The fraction of sp³-hybridized carbons (Fsp3) is 0.217. The Morgan fingerprint density at radius 1 is 1.06 bits per heavy atom. The van der Waals surface area contributed by atoms with Crippen LogP contribution in [-0.4, -0.2) is 18.0 Å². The number of amides is 1. The molecule has 0 spiro atoms. The SMILES string of the molecule is COc1ccc(C(=O)NC(C)c2cccc(C(F)(F)F)c2)cc1OCc1ccccn1. The van der Waals surface area contributed by atoms with E-state index in [0.29, 0.717) is 22.8 Å². The van der Waals surface area contributed by atoms with Gasteiger partial charge in [0.1, 0.15) is 6.61 Å². The van der Waals surface area contributed by atoms with E-state index in [4.69, 9.17) is 9.47 Å². The second kappa shape index (κ2) is 9.51. The second-order valence-electron chi connectivity index (χ2n) is 6.79. The van der Waals surface area contributed by atoms with Gasteiger partial charge in [-0.05, 0) is 55.0 Å². The molecule has 0 aliphatic heterocycles. The van der Waals surface area contributed by atoms with Gasteiger partial charge in [-0.15, -0.1) is 0 Å². The molecule has 0 radical (unpaired) electrons. The summed E-state index contributed by atoms with van der Waals surface area (Å²) in [7, 11) is 1.48. The third-order valence-electron chi connectivity index (χ3n) is 4.59. The molecule has 1 aromatic heterocycles. The number of ether oxygens (including phenoxy) is 2. The van der Waals surface area contributed by atoms with Crippen LogP contribution in [0, 0.1) is 0 Å². The monoisotopic (exact) mass is 430 g/mol. The number of nitrogens with zero attached hydrogens (tertiary/aromatic N) is 1. The van der Waals surface area contributed by atoms with E-state index >= 15 is 0 Å². The predicted octanol–water partition coefficient (Wildman–Crippen LogP) is 5.18.